The van der Waals surface area contributed by atoms with Crippen LogP contribution in [0.15, 0.2) is 60.7 Å². The number of carbonyl (C=O) groups is 2. The molecule has 0 aliphatic carbocycles. The Labute approximate surface area is 154 Å². The first-order valence-electron chi connectivity index (χ1n) is 8.15. The van der Waals surface area contributed by atoms with Crippen molar-refractivity contribution in [2.45, 2.75) is 6.92 Å². The molecule has 0 heterocycles. The Balaban J connectivity index is 1.66. The molecule has 136 valence electrons. The van der Waals surface area contributed by atoms with Gasteiger partial charge < -0.3 is 10.1 Å². The number of hydrogen-bond donors (Lipinski definition) is 1. The van der Waals surface area contributed by atoms with Gasteiger partial charge in [-0.1, -0.05) is 42.5 Å². The summed E-state index contributed by atoms with van der Waals surface area (Å²) in [5.41, 5.74) is 0.889. The van der Waals surface area contributed by atoms with Crippen molar-refractivity contribution in [1.82, 2.24) is 0 Å². The van der Waals surface area contributed by atoms with E-state index in [9.17, 15) is 19.7 Å². The minimum atomic E-state index is -0.800. The lowest BCUT2D eigenvalue weighted by molar-refractivity contribution is -0.385. The van der Waals surface area contributed by atoms with Crippen LogP contribution >= 0.6 is 0 Å². The Kier molecular flexibility index (Phi) is 5.12. The third-order valence-electron chi connectivity index (χ3n) is 4.04. The second-order valence-corrected chi connectivity index (χ2v) is 5.91. The zero-order chi connectivity index (χ0) is 19.4. The predicted octanol–water partition coefficient (Wildman–Crippen LogP) is 3.85. The molecule has 0 bridgehead atoms. The number of rotatable bonds is 5. The number of nitro groups is 1. The normalized spacial score (nSPS) is 10.4. The molecule has 1 N–H and O–H groups in total. The molecule has 1 amide bonds. The highest BCUT2D eigenvalue weighted by Crippen LogP contribution is 2.23. The third-order valence-corrected chi connectivity index (χ3v) is 4.04. The molecule has 0 saturated heterocycles. The zero-order valence-electron chi connectivity index (χ0n) is 14.5. The number of nitrogens with one attached hydrogen (secondary N) is 1. The quantitative estimate of drug-likeness (QED) is 0.421. The lowest BCUT2D eigenvalue weighted by atomic mass is 10.1. The van der Waals surface area contributed by atoms with Crippen molar-refractivity contribution >= 4 is 34.0 Å². The second kappa shape index (κ2) is 7.65. The van der Waals surface area contributed by atoms with E-state index in [-0.39, 0.29) is 11.3 Å². The van der Waals surface area contributed by atoms with Gasteiger partial charge in [0.2, 0.25) is 0 Å². The maximum absolute atomic E-state index is 12.1. The molecule has 7 nitrogen and oxygen atoms in total. The number of anilines is 1. The number of aryl methyl sites for hydroxylation is 1. The fraction of sp³-hybridized carbons (Fsp3) is 0.100. The van der Waals surface area contributed by atoms with Crippen molar-refractivity contribution in [1.29, 1.82) is 0 Å². The topological polar surface area (TPSA) is 98.5 Å². The number of nitro benzene ring substituents is 1. The first kappa shape index (κ1) is 18.1. The van der Waals surface area contributed by atoms with E-state index in [0.29, 0.717) is 11.3 Å². The number of carbonyl (C=O) groups excluding carboxylic acids is 2. The number of amides is 1. The van der Waals surface area contributed by atoms with Gasteiger partial charge in [-0.2, -0.15) is 0 Å². The van der Waals surface area contributed by atoms with Crippen molar-refractivity contribution in [2.24, 2.45) is 0 Å². The molecule has 0 radical (unpaired) electrons. The fourth-order valence-electron chi connectivity index (χ4n) is 2.67. The van der Waals surface area contributed by atoms with Crippen LogP contribution in [0.3, 0.4) is 0 Å². The summed E-state index contributed by atoms with van der Waals surface area (Å²) in [6, 6.07) is 17.1. The van der Waals surface area contributed by atoms with Gasteiger partial charge in [-0.25, -0.2) is 4.79 Å². The van der Waals surface area contributed by atoms with Crippen LogP contribution in [0.2, 0.25) is 0 Å². The Bertz CT molecular complexity index is 1040. The standard InChI is InChI=1S/C20H16N2O5/c1-13-9-10-15(11-18(13)22(25)26)20(24)27-12-19(23)21-17-8-4-6-14-5-2-3-7-16(14)17/h2-11H,12H2,1H3,(H,21,23). The summed E-state index contributed by atoms with van der Waals surface area (Å²) >= 11 is 0. The molecule has 0 fully saturated rings. The summed E-state index contributed by atoms with van der Waals surface area (Å²) in [4.78, 5) is 34.6. The van der Waals surface area contributed by atoms with Crippen LogP contribution in [0.25, 0.3) is 10.8 Å². The average molecular weight is 364 g/mol. The molecular weight excluding hydrogens is 348 g/mol. The smallest absolute Gasteiger partial charge is 0.338 e. The number of esters is 1. The molecule has 0 aromatic heterocycles. The lowest BCUT2D eigenvalue weighted by Gasteiger charge is -2.09. The molecule has 0 aliphatic heterocycles. The van der Waals surface area contributed by atoms with Crippen LogP contribution in [-0.4, -0.2) is 23.4 Å². The van der Waals surface area contributed by atoms with Crippen molar-refractivity contribution < 1.29 is 19.2 Å². The molecule has 0 aliphatic rings. The Morgan fingerprint density at radius 3 is 2.59 bits per heavy atom. The fourth-order valence-corrected chi connectivity index (χ4v) is 2.67. The Morgan fingerprint density at radius 1 is 1.07 bits per heavy atom. The molecule has 0 saturated carbocycles. The van der Waals surface area contributed by atoms with Gasteiger partial charge in [0.05, 0.1) is 10.5 Å². The molecule has 27 heavy (non-hydrogen) atoms. The van der Waals surface area contributed by atoms with E-state index in [4.69, 9.17) is 4.74 Å². The van der Waals surface area contributed by atoms with Gasteiger partial charge in [0, 0.05) is 22.7 Å². The SMILES string of the molecule is Cc1ccc(C(=O)OCC(=O)Nc2cccc3ccccc23)cc1[N+](=O)[O-]. The first-order valence-corrected chi connectivity index (χ1v) is 8.15. The number of benzene rings is 3. The first-order chi connectivity index (χ1) is 13.0. The summed E-state index contributed by atoms with van der Waals surface area (Å²) in [6.45, 7) is 1.08. The van der Waals surface area contributed by atoms with Gasteiger partial charge in [0.15, 0.2) is 6.61 Å². The summed E-state index contributed by atoms with van der Waals surface area (Å²) in [5.74, 6) is -1.30. The third kappa shape index (κ3) is 4.09. The Hall–Kier alpha value is -3.74. The molecular formula is C20H16N2O5. The minimum absolute atomic E-state index is 0.0188. The summed E-state index contributed by atoms with van der Waals surface area (Å²) in [5, 5.41) is 15.5. The number of nitrogens with zero attached hydrogens (tertiary/aromatic N) is 1. The average Bonchev–Trinajstić information content (AvgIpc) is 2.66. The maximum Gasteiger partial charge on any atom is 0.338 e. The predicted molar refractivity (Wildman–Crippen MR) is 101 cm³/mol. The number of hydrogen-bond acceptors (Lipinski definition) is 5. The van der Waals surface area contributed by atoms with Crippen LogP contribution in [0.5, 0.6) is 0 Å². The van der Waals surface area contributed by atoms with Gasteiger partial charge in [0.25, 0.3) is 11.6 Å². The van der Waals surface area contributed by atoms with E-state index in [1.54, 1.807) is 13.0 Å². The van der Waals surface area contributed by atoms with E-state index in [2.05, 4.69) is 5.32 Å². The van der Waals surface area contributed by atoms with Crippen LogP contribution in [0.1, 0.15) is 15.9 Å². The minimum Gasteiger partial charge on any atom is -0.452 e. The summed E-state index contributed by atoms with van der Waals surface area (Å²) < 4.78 is 4.98. The van der Waals surface area contributed by atoms with Crippen molar-refractivity contribution in [2.75, 3.05) is 11.9 Å². The summed E-state index contributed by atoms with van der Waals surface area (Å²) in [6.07, 6.45) is 0. The van der Waals surface area contributed by atoms with Crippen LogP contribution in [0.4, 0.5) is 11.4 Å². The van der Waals surface area contributed by atoms with Gasteiger partial charge in [-0.15, -0.1) is 0 Å². The molecule has 0 atom stereocenters. The van der Waals surface area contributed by atoms with E-state index in [1.165, 1.54) is 12.1 Å². The van der Waals surface area contributed by atoms with Gasteiger partial charge >= 0.3 is 5.97 Å². The molecule has 7 heteroatoms. The van der Waals surface area contributed by atoms with Crippen LogP contribution in [0, 0.1) is 17.0 Å². The molecule has 3 aromatic carbocycles. The van der Waals surface area contributed by atoms with Crippen molar-refractivity contribution in [3.63, 3.8) is 0 Å². The van der Waals surface area contributed by atoms with Crippen LogP contribution < -0.4 is 5.32 Å². The number of fused-ring (bicyclic) bond motifs is 1. The van der Waals surface area contributed by atoms with E-state index in [0.717, 1.165) is 16.8 Å². The second-order valence-electron chi connectivity index (χ2n) is 5.91. The van der Waals surface area contributed by atoms with E-state index >= 15 is 0 Å². The van der Waals surface area contributed by atoms with Crippen LogP contribution in [-0.2, 0) is 9.53 Å². The molecule has 3 rings (SSSR count). The maximum atomic E-state index is 12.1. The monoisotopic (exact) mass is 364 g/mol. The van der Waals surface area contributed by atoms with Gasteiger partial charge in [-0.3, -0.25) is 14.9 Å². The highest BCUT2D eigenvalue weighted by atomic mass is 16.6. The van der Waals surface area contributed by atoms with Crippen molar-refractivity contribution in [3.05, 3.63) is 81.9 Å². The number of ether oxygens (including phenoxy) is 1. The Morgan fingerprint density at radius 2 is 1.81 bits per heavy atom. The molecule has 0 spiro atoms. The lowest BCUT2D eigenvalue weighted by Crippen LogP contribution is -2.21. The molecule has 3 aromatic rings. The van der Waals surface area contributed by atoms with Gasteiger partial charge in [0.1, 0.15) is 0 Å². The van der Waals surface area contributed by atoms with E-state index < -0.39 is 23.4 Å². The van der Waals surface area contributed by atoms with E-state index in [1.807, 2.05) is 36.4 Å². The largest absolute Gasteiger partial charge is 0.452 e. The zero-order valence-corrected chi connectivity index (χ0v) is 14.5. The van der Waals surface area contributed by atoms with Gasteiger partial charge in [-0.05, 0) is 24.4 Å². The highest BCUT2D eigenvalue weighted by molar-refractivity contribution is 6.03. The summed E-state index contributed by atoms with van der Waals surface area (Å²) in [7, 11) is 0. The van der Waals surface area contributed by atoms with Crippen molar-refractivity contribution in [3.8, 4) is 0 Å². The molecule has 0 unspecified atom stereocenters. The highest BCUT2D eigenvalue weighted by Gasteiger charge is 2.17.